The van der Waals surface area contributed by atoms with Gasteiger partial charge in [-0.2, -0.15) is 5.26 Å². The van der Waals surface area contributed by atoms with Crippen molar-refractivity contribution in [2.75, 3.05) is 0 Å². The summed E-state index contributed by atoms with van der Waals surface area (Å²) in [5.74, 6) is -0.0785. The van der Waals surface area contributed by atoms with Gasteiger partial charge in [-0.05, 0) is 23.6 Å². The van der Waals surface area contributed by atoms with Gasteiger partial charge in [0.25, 0.3) is 0 Å². The smallest absolute Gasteiger partial charge is 0.128 e. The quantitative estimate of drug-likeness (QED) is 0.814. The molecule has 0 radical (unpaired) electrons. The number of rotatable bonds is 3. The molecule has 1 aromatic heterocycles. The molecule has 0 bridgehead atoms. The third kappa shape index (κ3) is 2.59. The molecule has 2 rings (SSSR count). The van der Waals surface area contributed by atoms with E-state index in [1.165, 1.54) is 18.2 Å². The van der Waals surface area contributed by atoms with Gasteiger partial charge in [0, 0.05) is 10.9 Å². The molecule has 2 aromatic rings. The van der Waals surface area contributed by atoms with E-state index in [1.54, 1.807) is 11.3 Å². The average molecular weight is 233 g/mol. The minimum Gasteiger partial charge on any atom is -0.488 e. The zero-order valence-corrected chi connectivity index (χ0v) is 9.13. The average Bonchev–Trinajstić information content (AvgIpc) is 2.78. The Hall–Kier alpha value is -1.86. The summed E-state index contributed by atoms with van der Waals surface area (Å²) in [6.45, 7) is 0.395. The molecule has 0 saturated heterocycles. The highest BCUT2D eigenvalue weighted by atomic mass is 32.1. The van der Waals surface area contributed by atoms with Crippen molar-refractivity contribution < 1.29 is 9.13 Å². The lowest BCUT2D eigenvalue weighted by atomic mass is 10.2. The molecular formula is C12H8FNOS. The first-order chi connectivity index (χ1) is 7.78. The number of benzene rings is 1. The summed E-state index contributed by atoms with van der Waals surface area (Å²) in [6, 6.07) is 9.73. The van der Waals surface area contributed by atoms with Crippen molar-refractivity contribution in [1.82, 2.24) is 0 Å². The summed E-state index contributed by atoms with van der Waals surface area (Å²) in [5.41, 5.74) is 0.265. The van der Waals surface area contributed by atoms with Crippen LogP contribution in [0.1, 0.15) is 10.4 Å². The molecular weight excluding hydrogens is 225 g/mol. The van der Waals surface area contributed by atoms with E-state index < -0.39 is 5.82 Å². The van der Waals surface area contributed by atoms with E-state index in [0.29, 0.717) is 12.4 Å². The molecule has 80 valence electrons. The van der Waals surface area contributed by atoms with Gasteiger partial charge in [-0.1, -0.05) is 6.07 Å². The van der Waals surface area contributed by atoms with Crippen molar-refractivity contribution in [3.63, 3.8) is 0 Å². The first-order valence-electron chi connectivity index (χ1n) is 4.64. The third-order valence-electron chi connectivity index (χ3n) is 1.96. The highest BCUT2D eigenvalue weighted by Crippen LogP contribution is 2.18. The summed E-state index contributed by atoms with van der Waals surface area (Å²) in [7, 11) is 0. The Labute approximate surface area is 96.5 Å². The van der Waals surface area contributed by atoms with Crippen LogP contribution in [0.2, 0.25) is 0 Å². The Bertz CT molecular complexity index is 516. The maximum atomic E-state index is 13.1. The summed E-state index contributed by atoms with van der Waals surface area (Å²) in [4.78, 5) is 1.06. The Morgan fingerprint density at radius 1 is 1.38 bits per heavy atom. The maximum absolute atomic E-state index is 13.1. The van der Waals surface area contributed by atoms with Gasteiger partial charge in [0.15, 0.2) is 0 Å². The fourth-order valence-electron chi connectivity index (χ4n) is 1.26. The van der Waals surface area contributed by atoms with E-state index in [9.17, 15) is 4.39 Å². The Morgan fingerprint density at radius 3 is 2.94 bits per heavy atom. The Balaban J connectivity index is 2.10. The molecule has 0 unspecified atom stereocenters. The Kier molecular flexibility index (Phi) is 3.18. The molecule has 0 saturated carbocycles. The van der Waals surface area contributed by atoms with E-state index >= 15 is 0 Å². The van der Waals surface area contributed by atoms with Crippen LogP contribution >= 0.6 is 11.3 Å². The van der Waals surface area contributed by atoms with Crippen molar-refractivity contribution >= 4 is 11.3 Å². The topological polar surface area (TPSA) is 33.0 Å². The van der Waals surface area contributed by atoms with E-state index in [2.05, 4.69) is 0 Å². The zero-order valence-electron chi connectivity index (χ0n) is 8.31. The lowest BCUT2D eigenvalue weighted by Crippen LogP contribution is -1.94. The fraction of sp³-hybridized carbons (Fsp3) is 0.0833. The van der Waals surface area contributed by atoms with Crippen LogP contribution < -0.4 is 4.74 Å². The predicted octanol–water partition coefficient (Wildman–Crippen LogP) is 3.34. The molecule has 0 aliphatic heterocycles. The molecule has 1 aromatic carbocycles. The van der Waals surface area contributed by atoms with E-state index in [4.69, 9.17) is 10.00 Å². The van der Waals surface area contributed by atoms with Crippen molar-refractivity contribution in [1.29, 1.82) is 5.26 Å². The number of thiophene rings is 1. The summed E-state index contributed by atoms with van der Waals surface area (Å²) in [5, 5.41) is 10.6. The molecule has 1 heterocycles. The fourth-order valence-corrected chi connectivity index (χ4v) is 1.88. The maximum Gasteiger partial charge on any atom is 0.128 e. The van der Waals surface area contributed by atoms with Gasteiger partial charge in [0.1, 0.15) is 18.2 Å². The van der Waals surface area contributed by atoms with Crippen LogP contribution in [0.3, 0.4) is 0 Å². The molecule has 0 fully saturated rings. The number of hydrogen-bond donors (Lipinski definition) is 0. The second-order valence-corrected chi connectivity index (χ2v) is 4.19. The monoisotopic (exact) mass is 233 g/mol. The molecule has 0 atom stereocenters. The van der Waals surface area contributed by atoms with Crippen molar-refractivity contribution in [3.8, 4) is 11.8 Å². The first-order valence-corrected chi connectivity index (χ1v) is 5.52. The summed E-state index contributed by atoms with van der Waals surface area (Å²) >= 11 is 1.57. The van der Waals surface area contributed by atoms with Crippen molar-refractivity contribution in [3.05, 3.63) is 52.0 Å². The highest BCUT2D eigenvalue weighted by Gasteiger charge is 2.02. The molecule has 0 aliphatic rings. The molecule has 0 N–H and O–H groups in total. The van der Waals surface area contributed by atoms with E-state index in [1.807, 2.05) is 23.6 Å². The second-order valence-electron chi connectivity index (χ2n) is 3.16. The van der Waals surface area contributed by atoms with Crippen LogP contribution in [0.25, 0.3) is 0 Å². The molecule has 2 nitrogen and oxygen atoms in total. The van der Waals surface area contributed by atoms with Crippen LogP contribution in [0, 0.1) is 17.1 Å². The van der Waals surface area contributed by atoms with Crippen LogP contribution in [-0.4, -0.2) is 0 Å². The molecule has 0 aliphatic carbocycles. The molecule has 4 heteroatoms. The van der Waals surface area contributed by atoms with E-state index in [0.717, 1.165) is 4.88 Å². The summed E-state index contributed by atoms with van der Waals surface area (Å²) in [6.07, 6.45) is 0. The van der Waals surface area contributed by atoms with Crippen molar-refractivity contribution in [2.45, 2.75) is 6.61 Å². The highest BCUT2D eigenvalue weighted by molar-refractivity contribution is 7.09. The first kappa shape index (κ1) is 10.7. The van der Waals surface area contributed by atoms with E-state index in [-0.39, 0.29) is 5.56 Å². The largest absolute Gasteiger partial charge is 0.488 e. The van der Waals surface area contributed by atoms with Gasteiger partial charge in [-0.25, -0.2) is 4.39 Å². The number of hydrogen-bond acceptors (Lipinski definition) is 3. The molecule has 0 spiro atoms. The van der Waals surface area contributed by atoms with Gasteiger partial charge in [-0.3, -0.25) is 0 Å². The van der Waals surface area contributed by atoms with Gasteiger partial charge >= 0.3 is 0 Å². The number of nitrogens with zero attached hydrogens (tertiary/aromatic N) is 1. The van der Waals surface area contributed by atoms with Crippen molar-refractivity contribution in [2.24, 2.45) is 0 Å². The number of nitriles is 1. The van der Waals surface area contributed by atoms with Crippen LogP contribution in [0.4, 0.5) is 4.39 Å². The lowest BCUT2D eigenvalue weighted by molar-refractivity contribution is 0.308. The number of ether oxygens (including phenoxy) is 1. The van der Waals surface area contributed by atoms with Crippen LogP contribution in [0.5, 0.6) is 5.75 Å². The summed E-state index contributed by atoms with van der Waals surface area (Å²) < 4.78 is 18.4. The standard InChI is InChI=1S/C12H8FNOS/c13-10-4-9(7-14)5-11(6-10)15-8-12-2-1-3-16-12/h1-6H,8H2. The minimum absolute atomic E-state index is 0.265. The second kappa shape index (κ2) is 4.77. The molecule has 0 amide bonds. The number of halogens is 1. The van der Waals surface area contributed by atoms with Crippen LogP contribution in [0.15, 0.2) is 35.7 Å². The van der Waals surface area contributed by atoms with Gasteiger partial charge < -0.3 is 4.74 Å². The van der Waals surface area contributed by atoms with Gasteiger partial charge in [0.05, 0.1) is 11.6 Å². The lowest BCUT2D eigenvalue weighted by Gasteiger charge is -2.04. The van der Waals surface area contributed by atoms with Crippen LogP contribution in [-0.2, 0) is 6.61 Å². The SMILES string of the molecule is N#Cc1cc(F)cc(OCc2cccs2)c1. The predicted molar refractivity (Wildman–Crippen MR) is 59.8 cm³/mol. The Morgan fingerprint density at radius 2 is 2.25 bits per heavy atom. The normalized spacial score (nSPS) is 9.75. The zero-order chi connectivity index (χ0) is 11.4. The minimum atomic E-state index is -0.458. The van der Waals surface area contributed by atoms with Gasteiger partial charge in [-0.15, -0.1) is 11.3 Å². The third-order valence-corrected chi connectivity index (χ3v) is 2.81. The molecule has 16 heavy (non-hydrogen) atoms. The van der Waals surface area contributed by atoms with Gasteiger partial charge in [0.2, 0.25) is 0 Å².